The van der Waals surface area contributed by atoms with Crippen molar-refractivity contribution in [2.75, 3.05) is 19.7 Å². The van der Waals surface area contributed by atoms with Crippen molar-refractivity contribution in [3.8, 4) is 0 Å². The van der Waals surface area contributed by atoms with Crippen LogP contribution in [0.1, 0.15) is 51.0 Å². The number of nitrogens with one attached hydrogen (secondary N) is 3. The Balaban J connectivity index is 1.54. The van der Waals surface area contributed by atoms with Gasteiger partial charge in [0, 0.05) is 25.7 Å². The van der Waals surface area contributed by atoms with Gasteiger partial charge in [0.25, 0.3) is 0 Å². The van der Waals surface area contributed by atoms with Gasteiger partial charge < -0.3 is 20.5 Å². The Bertz CT molecular complexity index is 784. The van der Waals surface area contributed by atoms with Crippen molar-refractivity contribution in [1.82, 2.24) is 15.4 Å². The summed E-state index contributed by atoms with van der Waals surface area (Å²) >= 11 is 0. The van der Waals surface area contributed by atoms with E-state index in [-0.39, 0.29) is 17.1 Å². The lowest BCUT2D eigenvalue weighted by Gasteiger charge is -2.27. The van der Waals surface area contributed by atoms with E-state index in [4.69, 9.17) is 4.74 Å². The fraction of sp³-hybridized carbons (Fsp3) is 0.667. The summed E-state index contributed by atoms with van der Waals surface area (Å²) in [6.45, 7) is 4.24. The minimum absolute atomic E-state index is 0.0298. The second kappa shape index (κ2) is 11.1. The molecule has 1 saturated carbocycles. The average Bonchev–Trinajstić information content (AvgIpc) is 3.26. The summed E-state index contributed by atoms with van der Waals surface area (Å²) in [6, 6.07) is 7.14. The molecule has 0 spiro atoms. The van der Waals surface area contributed by atoms with E-state index in [1.807, 2.05) is 6.92 Å². The minimum Gasteiger partial charge on any atom is -0.393 e. The molecule has 2 fully saturated rings. The third-order valence-corrected chi connectivity index (χ3v) is 7.00. The van der Waals surface area contributed by atoms with E-state index in [1.54, 1.807) is 24.3 Å². The molecule has 1 unspecified atom stereocenters. The standard InChI is InChI=1S/C21H34N4O4S/c1-2-22-21(25-17-7-9-18(26)10-8-17)23-14-16-5-11-20(12-6-16)30(27,28)24-15-19-4-3-13-29-19/h5-6,11-12,17-19,24,26H,2-4,7-10,13-15H2,1H3,(H2,22,23,25). The first-order chi connectivity index (χ1) is 14.5. The molecule has 0 bridgehead atoms. The molecule has 30 heavy (non-hydrogen) atoms. The fourth-order valence-corrected chi connectivity index (χ4v) is 4.84. The summed E-state index contributed by atoms with van der Waals surface area (Å²) in [7, 11) is -3.54. The molecule has 1 atom stereocenters. The van der Waals surface area contributed by atoms with Crippen LogP contribution in [0.15, 0.2) is 34.2 Å². The molecule has 2 aliphatic rings. The van der Waals surface area contributed by atoms with E-state index < -0.39 is 10.0 Å². The van der Waals surface area contributed by atoms with Gasteiger partial charge in [0.15, 0.2) is 5.96 Å². The SMILES string of the molecule is CCNC(=NCc1ccc(S(=O)(=O)NCC2CCCO2)cc1)NC1CCC(O)CC1. The molecule has 168 valence electrons. The van der Waals surface area contributed by atoms with Crippen molar-refractivity contribution in [1.29, 1.82) is 0 Å². The molecule has 1 aliphatic heterocycles. The van der Waals surface area contributed by atoms with Gasteiger partial charge in [-0.2, -0.15) is 0 Å². The van der Waals surface area contributed by atoms with Gasteiger partial charge in [0.05, 0.1) is 23.6 Å². The maximum atomic E-state index is 12.5. The second-order valence-electron chi connectivity index (χ2n) is 7.98. The van der Waals surface area contributed by atoms with E-state index in [0.29, 0.717) is 25.7 Å². The fourth-order valence-electron chi connectivity index (χ4n) is 3.77. The Morgan fingerprint density at radius 1 is 1.17 bits per heavy atom. The summed E-state index contributed by atoms with van der Waals surface area (Å²) in [5.74, 6) is 0.744. The van der Waals surface area contributed by atoms with Gasteiger partial charge in [-0.25, -0.2) is 18.1 Å². The van der Waals surface area contributed by atoms with Gasteiger partial charge in [0.2, 0.25) is 10.0 Å². The molecule has 8 nitrogen and oxygen atoms in total. The van der Waals surface area contributed by atoms with Crippen LogP contribution in [0.5, 0.6) is 0 Å². The lowest BCUT2D eigenvalue weighted by molar-refractivity contribution is 0.114. The van der Waals surface area contributed by atoms with Gasteiger partial charge in [-0.05, 0) is 63.1 Å². The van der Waals surface area contributed by atoms with Crippen LogP contribution in [-0.2, 0) is 21.3 Å². The average molecular weight is 439 g/mol. The number of benzene rings is 1. The quantitative estimate of drug-likeness (QED) is 0.362. The molecule has 4 N–H and O–H groups in total. The Morgan fingerprint density at radius 2 is 1.90 bits per heavy atom. The van der Waals surface area contributed by atoms with Crippen LogP contribution in [0.3, 0.4) is 0 Å². The molecule has 1 aromatic rings. The first-order valence-electron chi connectivity index (χ1n) is 10.9. The van der Waals surface area contributed by atoms with Crippen molar-refractivity contribution >= 4 is 16.0 Å². The lowest BCUT2D eigenvalue weighted by Crippen LogP contribution is -2.45. The highest BCUT2D eigenvalue weighted by molar-refractivity contribution is 7.89. The third-order valence-electron chi connectivity index (χ3n) is 5.56. The molecule has 1 heterocycles. The summed E-state index contributed by atoms with van der Waals surface area (Å²) in [6.07, 6.45) is 5.14. The highest BCUT2D eigenvalue weighted by Crippen LogP contribution is 2.18. The maximum absolute atomic E-state index is 12.5. The Labute approximate surface area is 179 Å². The number of aliphatic imine (C=N–C) groups is 1. The first-order valence-corrected chi connectivity index (χ1v) is 12.4. The van der Waals surface area contributed by atoms with Crippen LogP contribution in [0, 0.1) is 0 Å². The van der Waals surface area contributed by atoms with Crippen LogP contribution in [0.2, 0.25) is 0 Å². The predicted molar refractivity (Wildman–Crippen MR) is 117 cm³/mol. The van der Waals surface area contributed by atoms with Crippen molar-refractivity contribution in [3.05, 3.63) is 29.8 Å². The van der Waals surface area contributed by atoms with Crippen molar-refractivity contribution in [3.63, 3.8) is 0 Å². The second-order valence-corrected chi connectivity index (χ2v) is 9.74. The number of guanidine groups is 1. The Kier molecular flexibility index (Phi) is 8.50. The lowest BCUT2D eigenvalue weighted by atomic mass is 9.93. The number of aliphatic hydroxyl groups excluding tert-OH is 1. The zero-order valence-electron chi connectivity index (χ0n) is 17.6. The van der Waals surface area contributed by atoms with E-state index >= 15 is 0 Å². The molecule has 9 heteroatoms. The van der Waals surface area contributed by atoms with Crippen LogP contribution in [0.4, 0.5) is 0 Å². The Morgan fingerprint density at radius 3 is 2.53 bits per heavy atom. The molecule has 1 aliphatic carbocycles. The van der Waals surface area contributed by atoms with E-state index in [9.17, 15) is 13.5 Å². The number of rotatable bonds is 8. The van der Waals surface area contributed by atoms with Gasteiger partial charge in [-0.15, -0.1) is 0 Å². The molecule has 0 radical (unpaired) electrons. The zero-order chi connectivity index (χ0) is 21.4. The van der Waals surface area contributed by atoms with Crippen molar-refractivity contribution < 1.29 is 18.3 Å². The van der Waals surface area contributed by atoms with Gasteiger partial charge in [0.1, 0.15) is 0 Å². The summed E-state index contributed by atoms with van der Waals surface area (Å²) in [4.78, 5) is 4.88. The summed E-state index contributed by atoms with van der Waals surface area (Å²) in [5.41, 5.74) is 0.935. The molecular weight excluding hydrogens is 404 g/mol. The zero-order valence-corrected chi connectivity index (χ0v) is 18.5. The van der Waals surface area contributed by atoms with Crippen molar-refractivity contribution in [2.45, 2.75) is 75.1 Å². The first kappa shape index (κ1) is 23.0. The highest BCUT2D eigenvalue weighted by Gasteiger charge is 2.21. The highest BCUT2D eigenvalue weighted by atomic mass is 32.2. The van der Waals surface area contributed by atoms with E-state index in [2.05, 4.69) is 20.3 Å². The van der Waals surface area contributed by atoms with E-state index in [1.165, 1.54) is 0 Å². The number of hydrogen-bond acceptors (Lipinski definition) is 5. The number of sulfonamides is 1. The largest absolute Gasteiger partial charge is 0.393 e. The predicted octanol–water partition coefficient (Wildman–Crippen LogP) is 1.50. The van der Waals surface area contributed by atoms with Crippen LogP contribution in [-0.4, -0.2) is 57.4 Å². The Hall–Kier alpha value is -1.68. The number of ether oxygens (including phenoxy) is 1. The molecule has 1 saturated heterocycles. The molecule has 3 rings (SSSR count). The number of nitrogens with zero attached hydrogens (tertiary/aromatic N) is 1. The van der Waals surface area contributed by atoms with Gasteiger partial charge in [-0.1, -0.05) is 12.1 Å². The summed E-state index contributed by atoms with van der Waals surface area (Å²) < 4.78 is 33.0. The smallest absolute Gasteiger partial charge is 0.240 e. The van der Waals surface area contributed by atoms with Crippen LogP contribution in [0.25, 0.3) is 0 Å². The van der Waals surface area contributed by atoms with Crippen molar-refractivity contribution in [2.24, 2.45) is 4.99 Å². The van der Waals surface area contributed by atoms with E-state index in [0.717, 1.165) is 56.6 Å². The number of hydrogen-bond donors (Lipinski definition) is 4. The minimum atomic E-state index is -3.54. The van der Waals surface area contributed by atoms with Crippen LogP contribution < -0.4 is 15.4 Å². The van der Waals surface area contributed by atoms with Crippen LogP contribution >= 0.6 is 0 Å². The molecule has 1 aromatic carbocycles. The maximum Gasteiger partial charge on any atom is 0.240 e. The topological polar surface area (TPSA) is 112 Å². The molecular formula is C21H34N4O4S. The molecule has 0 amide bonds. The number of aliphatic hydroxyl groups is 1. The third kappa shape index (κ3) is 6.94. The molecule has 0 aromatic heterocycles. The summed E-state index contributed by atoms with van der Waals surface area (Å²) in [5, 5.41) is 16.3. The monoisotopic (exact) mass is 438 g/mol. The van der Waals surface area contributed by atoms with Gasteiger partial charge in [-0.3, -0.25) is 0 Å². The van der Waals surface area contributed by atoms with Gasteiger partial charge >= 0.3 is 0 Å². The normalized spacial score (nSPS) is 25.3.